The van der Waals surface area contributed by atoms with Crippen LogP contribution in [0.4, 0.5) is 17.6 Å². The van der Waals surface area contributed by atoms with E-state index in [-0.39, 0.29) is 16.9 Å². The number of ether oxygens (including phenoxy) is 1. The van der Waals surface area contributed by atoms with Gasteiger partial charge in [0.1, 0.15) is 12.4 Å². The molecule has 10 heteroatoms. The Morgan fingerprint density at radius 1 is 1.02 bits per heavy atom. The molecule has 3 heterocycles. The van der Waals surface area contributed by atoms with E-state index in [0.29, 0.717) is 53.4 Å². The van der Waals surface area contributed by atoms with Crippen molar-refractivity contribution in [3.05, 3.63) is 108 Å². The number of amides is 1. The van der Waals surface area contributed by atoms with Crippen LogP contribution in [0.3, 0.4) is 0 Å². The SMILES string of the molecule is O=C(/C=C/CNCCOc1ccc(/C(=C(/CC(F)(F)F)c2ccccc2)c2ccc3[nH]cc(F)c3c2)cn1)N1CCCC1. The molecular weight excluding hydrogens is 560 g/mol. The highest BCUT2D eigenvalue weighted by molar-refractivity contribution is 6.00. The molecule has 224 valence electrons. The summed E-state index contributed by atoms with van der Waals surface area (Å²) in [5.74, 6) is -0.150. The number of fused-ring (bicyclic) bond motifs is 1. The van der Waals surface area contributed by atoms with Crippen LogP contribution in [0.25, 0.3) is 22.0 Å². The minimum atomic E-state index is -4.49. The summed E-state index contributed by atoms with van der Waals surface area (Å²) >= 11 is 0. The molecule has 2 N–H and O–H groups in total. The molecule has 6 nitrogen and oxygen atoms in total. The zero-order chi connectivity index (χ0) is 30.2. The monoisotopic (exact) mass is 592 g/mol. The van der Waals surface area contributed by atoms with E-state index in [4.69, 9.17) is 4.74 Å². The van der Waals surface area contributed by atoms with Crippen molar-refractivity contribution in [3.63, 3.8) is 0 Å². The first-order valence-electron chi connectivity index (χ1n) is 14.2. The summed E-state index contributed by atoms with van der Waals surface area (Å²) in [6.45, 7) is 2.93. The Balaban J connectivity index is 1.34. The predicted molar refractivity (Wildman–Crippen MR) is 159 cm³/mol. The third kappa shape index (κ3) is 7.90. The molecule has 1 aliphatic rings. The number of nitrogens with zero attached hydrogens (tertiary/aromatic N) is 2. The number of aromatic amines is 1. The lowest BCUT2D eigenvalue weighted by molar-refractivity contribution is -0.125. The second kappa shape index (κ2) is 13.7. The molecule has 2 aromatic heterocycles. The fourth-order valence-corrected chi connectivity index (χ4v) is 5.16. The number of hydrogen-bond donors (Lipinski definition) is 2. The fourth-order valence-electron chi connectivity index (χ4n) is 5.16. The Kier molecular flexibility index (Phi) is 9.56. The number of rotatable bonds is 11. The first-order chi connectivity index (χ1) is 20.8. The number of carbonyl (C=O) groups excluding carboxylic acids is 1. The van der Waals surface area contributed by atoms with E-state index in [2.05, 4.69) is 15.3 Å². The van der Waals surface area contributed by atoms with Crippen molar-refractivity contribution in [1.82, 2.24) is 20.2 Å². The average Bonchev–Trinajstić information content (AvgIpc) is 3.67. The molecule has 0 radical (unpaired) electrons. The fraction of sp³-hybridized carbons (Fsp3) is 0.273. The van der Waals surface area contributed by atoms with Crippen LogP contribution in [-0.4, -0.2) is 59.7 Å². The molecule has 1 amide bonds. The first kappa shape index (κ1) is 30.0. The van der Waals surface area contributed by atoms with Crippen molar-refractivity contribution < 1.29 is 27.1 Å². The number of nitrogens with one attached hydrogen (secondary N) is 2. The third-order valence-corrected chi connectivity index (χ3v) is 7.22. The number of carbonyl (C=O) groups is 1. The zero-order valence-electron chi connectivity index (χ0n) is 23.5. The van der Waals surface area contributed by atoms with E-state index in [1.165, 1.54) is 12.4 Å². The number of hydrogen-bond acceptors (Lipinski definition) is 4. The van der Waals surface area contributed by atoms with Crippen LogP contribution in [0.1, 0.15) is 36.0 Å². The maximum absolute atomic E-state index is 14.5. The van der Waals surface area contributed by atoms with Gasteiger partial charge in [-0.25, -0.2) is 9.37 Å². The van der Waals surface area contributed by atoms with Crippen molar-refractivity contribution in [2.24, 2.45) is 0 Å². The van der Waals surface area contributed by atoms with Gasteiger partial charge >= 0.3 is 6.18 Å². The Labute approximate surface area is 247 Å². The minimum absolute atomic E-state index is 0.0251. The van der Waals surface area contributed by atoms with Gasteiger partial charge in [0.25, 0.3) is 0 Å². The van der Waals surface area contributed by atoms with Gasteiger partial charge in [-0.1, -0.05) is 42.5 Å². The number of aromatic nitrogens is 2. The molecule has 2 aromatic carbocycles. The van der Waals surface area contributed by atoms with E-state index in [9.17, 15) is 22.4 Å². The standard InChI is InChI=1S/C33H32F4N4O2/c34-28-22-39-29-12-10-24(19-26(28)29)32(27(20-33(35,36)37)23-7-2-1-3-8-23)25-11-13-30(40-21-25)43-18-15-38-14-6-9-31(42)41-16-4-5-17-41/h1-3,6-13,19,21-22,38-39H,4-5,14-18,20H2/b9-6+,32-27-. The molecule has 0 spiro atoms. The van der Waals surface area contributed by atoms with Crippen LogP contribution in [0, 0.1) is 5.82 Å². The summed E-state index contributed by atoms with van der Waals surface area (Å²) in [4.78, 5) is 21.1. The van der Waals surface area contributed by atoms with Gasteiger partial charge in [-0.15, -0.1) is 0 Å². The Morgan fingerprint density at radius 3 is 2.51 bits per heavy atom. The number of benzene rings is 2. The molecule has 0 aliphatic carbocycles. The lowest BCUT2D eigenvalue weighted by atomic mass is 9.88. The van der Waals surface area contributed by atoms with E-state index in [1.807, 2.05) is 4.90 Å². The lowest BCUT2D eigenvalue weighted by Gasteiger charge is -2.19. The number of H-pyrrole nitrogens is 1. The van der Waals surface area contributed by atoms with Crippen LogP contribution in [0.15, 0.2) is 85.2 Å². The third-order valence-electron chi connectivity index (χ3n) is 7.22. The van der Waals surface area contributed by atoms with Crippen molar-refractivity contribution in [3.8, 4) is 5.88 Å². The second-order valence-corrected chi connectivity index (χ2v) is 10.3. The molecule has 5 rings (SSSR count). The Morgan fingerprint density at radius 2 is 1.79 bits per heavy atom. The number of alkyl halides is 3. The number of likely N-dealkylation sites (tertiary alicyclic amines) is 1. The molecule has 1 fully saturated rings. The topological polar surface area (TPSA) is 70.2 Å². The number of pyridine rings is 1. The molecule has 43 heavy (non-hydrogen) atoms. The molecule has 4 aromatic rings. The Hall–Kier alpha value is -4.44. The maximum Gasteiger partial charge on any atom is 0.393 e. The van der Waals surface area contributed by atoms with Crippen molar-refractivity contribution >= 4 is 28.0 Å². The van der Waals surface area contributed by atoms with Gasteiger partial charge in [0, 0.05) is 67.2 Å². The summed E-state index contributed by atoms with van der Waals surface area (Å²) in [6, 6.07) is 16.5. The molecule has 0 unspecified atom stereocenters. The smallest absolute Gasteiger partial charge is 0.393 e. The molecule has 0 atom stereocenters. The van der Waals surface area contributed by atoms with Gasteiger partial charge < -0.3 is 19.9 Å². The highest BCUT2D eigenvalue weighted by Crippen LogP contribution is 2.40. The average molecular weight is 593 g/mol. The van der Waals surface area contributed by atoms with Gasteiger partial charge in [0.2, 0.25) is 11.8 Å². The molecule has 1 aliphatic heterocycles. The highest BCUT2D eigenvalue weighted by Gasteiger charge is 2.31. The number of halogens is 4. The van der Waals surface area contributed by atoms with Gasteiger partial charge in [-0.2, -0.15) is 13.2 Å². The van der Waals surface area contributed by atoms with E-state index in [0.717, 1.165) is 25.9 Å². The van der Waals surface area contributed by atoms with Gasteiger partial charge in [-0.05, 0) is 53.3 Å². The van der Waals surface area contributed by atoms with Crippen molar-refractivity contribution in [1.29, 1.82) is 0 Å². The van der Waals surface area contributed by atoms with Crippen LogP contribution in [0.2, 0.25) is 0 Å². The van der Waals surface area contributed by atoms with Crippen molar-refractivity contribution in [2.45, 2.75) is 25.4 Å². The predicted octanol–water partition coefficient (Wildman–Crippen LogP) is 6.76. The van der Waals surface area contributed by atoms with E-state index in [1.54, 1.807) is 72.8 Å². The summed E-state index contributed by atoms with van der Waals surface area (Å²) in [6.07, 6.45) is 2.49. The van der Waals surface area contributed by atoms with E-state index < -0.39 is 18.4 Å². The van der Waals surface area contributed by atoms with Crippen LogP contribution in [0.5, 0.6) is 5.88 Å². The normalized spacial score (nSPS) is 14.5. The van der Waals surface area contributed by atoms with Gasteiger partial charge in [0.15, 0.2) is 0 Å². The highest BCUT2D eigenvalue weighted by atomic mass is 19.4. The Bertz CT molecular complexity index is 1590. The molecular formula is C33H32F4N4O2. The van der Waals surface area contributed by atoms with Gasteiger partial charge in [0.05, 0.1) is 6.42 Å². The minimum Gasteiger partial charge on any atom is -0.476 e. The molecule has 0 saturated carbocycles. The summed E-state index contributed by atoms with van der Waals surface area (Å²) in [5, 5.41) is 3.45. The zero-order valence-corrected chi connectivity index (χ0v) is 23.5. The van der Waals surface area contributed by atoms with Crippen LogP contribution < -0.4 is 10.1 Å². The maximum atomic E-state index is 14.5. The number of allylic oxidation sites excluding steroid dienone is 1. The van der Waals surface area contributed by atoms with Crippen molar-refractivity contribution in [2.75, 3.05) is 32.8 Å². The summed E-state index contributed by atoms with van der Waals surface area (Å²) in [5.41, 5.74) is 2.19. The lowest BCUT2D eigenvalue weighted by Crippen LogP contribution is -2.26. The molecule has 1 saturated heterocycles. The second-order valence-electron chi connectivity index (χ2n) is 10.3. The largest absolute Gasteiger partial charge is 0.476 e. The summed E-state index contributed by atoms with van der Waals surface area (Å²) < 4.78 is 61.9. The summed E-state index contributed by atoms with van der Waals surface area (Å²) in [7, 11) is 0. The molecule has 0 bridgehead atoms. The van der Waals surface area contributed by atoms with Crippen LogP contribution >= 0.6 is 0 Å². The van der Waals surface area contributed by atoms with Crippen LogP contribution in [-0.2, 0) is 4.79 Å². The van der Waals surface area contributed by atoms with E-state index >= 15 is 0 Å². The van der Waals surface area contributed by atoms with Gasteiger partial charge in [-0.3, -0.25) is 4.79 Å². The first-order valence-corrected chi connectivity index (χ1v) is 14.2. The quantitative estimate of drug-likeness (QED) is 0.0874.